The highest BCUT2D eigenvalue weighted by Gasteiger charge is 2.61. The average molecular weight is 365 g/mol. The van der Waals surface area contributed by atoms with E-state index in [2.05, 4.69) is 13.8 Å². The van der Waals surface area contributed by atoms with Crippen LogP contribution in [0.2, 0.25) is 0 Å². The Labute approximate surface area is 158 Å². The van der Waals surface area contributed by atoms with Crippen molar-refractivity contribution in [2.24, 2.45) is 35.0 Å². The van der Waals surface area contributed by atoms with E-state index < -0.39 is 11.5 Å². The van der Waals surface area contributed by atoms with E-state index in [9.17, 15) is 9.59 Å². The molecule has 0 aromatic heterocycles. The third-order valence-electron chi connectivity index (χ3n) is 7.65. The van der Waals surface area contributed by atoms with Crippen LogP contribution >= 0.6 is 0 Å². The van der Waals surface area contributed by atoms with Crippen molar-refractivity contribution in [3.63, 3.8) is 0 Å². The van der Waals surface area contributed by atoms with Gasteiger partial charge in [-0.05, 0) is 88.9 Å². The van der Waals surface area contributed by atoms with Gasteiger partial charge in [0.25, 0.3) is 0 Å². The van der Waals surface area contributed by atoms with Gasteiger partial charge in [-0.25, -0.2) is 4.79 Å². The number of carbonyl (C=O) groups excluding carboxylic acids is 2. The second-order valence-electron chi connectivity index (χ2n) is 10.0. The third-order valence-corrected chi connectivity index (χ3v) is 7.65. The monoisotopic (exact) mass is 364 g/mol. The van der Waals surface area contributed by atoms with E-state index in [-0.39, 0.29) is 23.5 Å². The zero-order valence-electron chi connectivity index (χ0n) is 17.3. The third kappa shape index (κ3) is 3.18. The molecule has 148 valence electrons. The molecule has 1 unspecified atom stereocenters. The van der Waals surface area contributed by atoms with Crippen molar-refractivity contribution >= 4 is 11.9 Å². The quantitative estimate of drug-likeness (QED) is 0.638. The Balaban J connectivity index is 1.73. The second-order valence-corrected chi connectivity index (χ2v) is 10.0. The van der Waals surface area contributed by atoms with Crippen molar-refractivity contribution in [1.82, 2.24) is 0 Å². The lowest BCUT2D eigenvalue weighted by atomic mass is 9.47. The van der Waals surface area contributed by atoms with Crippen molar-refractivity contribution < 1.29 is 19.1 Å². The first-order valence-electron chi connectivity index (χ1n) is 10.5. The summed E-state index contributed by atoms with van der Waals surface area (Å²) in [6.45, 7) is 11.7. The van der Waals surface area contributed by atoms with Crippen LogP contribution in [0.3, 0.4) is 0 Å². The van der Waals surface area contributed by atoms with Gasteiger partial charge in [0.2, 0.25) is 0 Å². The van der Waals surface area contributed by atoms with Gasteiger partial charge in [0, 0.05) is 0 Å². The summed E-state index contributed by atoms with van der Waals surface area (Å²) in [5, 5.41) is 0. The largest absolute Gasteiger partial charge is 0.455 e. The van der Waals surface area contributed by atoms with Gasteiger partial charge in [0.05, 0.1) is 5.41 Å². The maximum Gasteiger partial charge on any atom is 0.347 e. The zero-order chi connectivity index (χ0) is 19.3. The first kappa shape index (κ1) is 19.7. The highest BCUT2D eigenvalue weighted by atomic mass is 16.6. The zero-order valence-corrected chi connectivity index (χ0v) is 17.3. The predicted molar refractivity (Wildman–Crippen MR) is 100 cm³/mol. The molecule has 0 aromatic rings. The smallest absolute Gasteiger partial charge is 0.347 e. The first-order chi connectivity index (χ1) is 12.1. The molecule has 0 saturated heterocycles. The van der Waals surface area contributed by atoms with Gasteiger partial charge in [0.15, 0.2) is 6.10 Å². The van der Waals surface area contributed by atoms with Gasteiger partial charge in [-0.3, -0.25) is 4.79 Å². The molecule has 4 aliphatic carbocycles. The van der Waals surface area contributed by atoms with Crippen LogP contribution < -0.4 is 0 Å². The molecule has 0 amide bonds. The second kappa shape index (κ2) is 6.83. The van der Waals surface area contributed by atoms with E-state index in [0.29, 0.717) is 18.3 Å². The molecule has 0 aliphatic heterocycles. The molecule has 0 radical (unpaired) electrons. The van der Waals surface area contributed by atoms with Crippen LogP contribution in [-0.4, -0.2) is 23.6 Å². The Morgan fingerprint density at radius 3 is 1.92 bits per heavy atom. The molecular formula is C22H36O4. The molecule has 26 heavy (non-hydrogen) atoms. The van der Waals surface area contributed by atoms with Gasteiger partial charge in [-0.1, -0.05) is 20.8 Å². The van der Waals surface area contributed by atoms with Crippen molar-refractivity contribution in [2.75, 3.05) is 0 Å². The number of esters is 2. The number of hydrogen-bond acceptors (Lipinski definition) is 4. The normalized spacial score (nSPS) is 36.9. The molecule has 0 aromatic carbocycles. The fraction of sp³-hybridized carbons (Fsp3) is 0.909. The standard InChI is InChI=1S/C22H36O4/c1-7-21(5,6)20(24)25-14(4)19(23)26-22(13(2)3)17-9-15-8-16(11-17)12-18(22)10-15/h13-18H,7-12H2,1-6H3. The van der Waals surface area contributed by atoms with E-state index in [0.717, 1.165) is 11.8 Å². The summed E-state index contributed by atoms with van der Waals surface area (Å²) in [4.78, 5) is 25.2. The molecule has 0 spiro atoms. The summed E-state index contributed by atoms with van der Waals surface area (Å²) in [5.74, 6) is 2.18. The van der Waals surface area contributed by atoms with Gasteiger partial charge in [-0.15, -0.1) is 0 Å². The van der Waals surface area contributed by atoms with E-state index in [1.165, 1.54) is 32.1 Å². The molecule has 4 nitrogen and oxygen atoms in total. The van der Waals surface area contributed by atoms with E-state index >= 15 is 0 Å². The molecule has 4 rings (SSSR count). The molecule has 0 N–H and O–H groups in total. The van der Waals surface area contributed by atoms with Crippen molar-refractivity contribution in [1.29, 1.82) is 0 Å². The minimum Gasteiger partial charge on any atom is -0.455 e. The van der Waals surface area contributed by atoms with Crippen LogP contribution in [0.5, 0.6) is 0 Å². The number of ether oxygens (including phenoxy) is 2. The van der Waals surface area contributed by atoms with E-state index in [4.69, 9.17) is 9.47 Å². The Morgan fingerprint density at radius 2 is 1.50 bits per heavy atom. The summed E-state index contributed by atoms with van der Waals surface area (Å²) in [6.07, 6.45) is 5.96. The SMILES string of the molecule is CCC(C)(C)C(=O)OC(C)C(=O)OC1(C(C)C)C2CC3CC(C2)CC1C3. The molecule has 4 fully saturated rings. The van der Waals surface area contributed by atoms with E-state index in [1.807, 2.05) is 20.8 Å². The topological polar surface area (TPSA) is 52.6 Å². The van der Waals surface area contributed by atoms with Crippen molar-refractivity contribution in [3.05, 3.63) is 0 Å². The summed E-state index contributed by atoms with van der Waals surface area (Å²) >= 11 is 0. The lowest BCUT2D eigenvalue weighted by molar-refractivity contribution is -0.232. The van der Waals surface area contributed by atoms with Crippen LogP contribution in [0, 0.1) is 35.0 Å². The number of carbonyl (C=O) groups is 2. The van der Waals surface area contributed by atoms with E-state index in [1.54, 1.807) is 6.92 Å². The summed E-state index contributed by atoms with van der Waals surface area (Å²) < 4.78 is 11.7. The van der Waals surface area contributed by atoms with Crippen molar-refractivity contribution in [2.45, 2.75) is 91.8 Å². The summed E-state index contributed by atoms with van der Waals surface area (Å²) in [6, 6.07) is 0. The summed E-state index contributed by atoms with van der Waals surface area (Å²) in [7, 11) is 0. The minimum absolute atomic E-state index is 0.288. The van der Waals surface area contributed by atoms with Gasteiger partial charge in [-0.2, -0.15) is 0 Å². The fourth-order valence-electron chi connectivity index (χ4n) is 5.92. The maximum atomic E-state index is 12.9. The van der Waals surface area contributed by atoms with Gasteiger partial charge in [0.1, 0.15) is 5.60 Å². The Hall–Kier alpha value is -1.06. The molecule has 4 bridgehead atoms. The molecule has 4 aliphatic rings. The van der Waals surface area contributed by atoms with Crippen LogP contribution in [-0.2, 0) is 19.1 Å². The molecule has 4 heteroatoms. The number of rotatable bonds is 6. The highest BCUT2D eigenvalue weighted by Crippen LogP contribution is 2.61. The number of hydrogen-bond donors (Lipinski definition) is 0. The lowest BCUT2D eigenvalue weighted by Gasteiger charge is -2.61. The fourth-order valence-corrected chi connectivity index (χ4v) is 5.92. The average Bonchev–Trinajstić information content (AvgIpc) is 2.56. The molecule has 4 saturated carbocycles. The van der Waals surface area contributed by atoms with Crippen molar-refractivity contribution in [3.8, 4) is 0 Å². The maximum absolute atomic E-state index is 12.9. The first-order valence-corrected chi connectivity index (χ1v) is 10.5. The molecular weight excluding hydrogens is 328 g/mol. The predicted octanol–water partition coefficient (Wildman–Crippen LogP) is 4.75. The van der Waals surface area contributed by atoms with Gasteiger partial charge >= 0.3 is 11.9 Å². The Bertz CT molecular complexity index is 534. The Morgan fingerprint density at radius 1 is 1.00 bits per heavy atom. The summed E-state index contributed by atoms with van der Waals surface area (Å²) in [5.41, 5.74) is -0.946. The van der Waals surface area contributed by atoms with Crippen LogP contribution in [0.25, 0.3) is 0 Å². The van der Waals surface area contributed by atoms with Crippen LogP contribution in [0.4, 0.5) is 0 Å². The van der Waals surface area contributed by atoms with Gasteiger partial charge < -0.3 is 9.47 Å². The minimum atomic E-state index is -0.846. The van der Waals surface area contributed by atoms with Crippen LogP contribution in [0.1, 0.15) is 80.1 Å². The lowest BCUT2D eigenvalue weighted by Crippen LogP contribution is -2.62. The van der Waals surface area contributed by atoms with Crippen LogP contribution in [0.15, 0.2) is 0 Å². The molecule has 0 heterocycles. The highest BCUT2D eigenvalue weighted by molar-refractivity contribution is 5.81. The Kier molecular flexibility index (Phi) is 5.18. The molecule has 1 atom stereocenters.